The van der Waals surface area contributed by atoms with E-state index in [0.717, 1.165) is 22.0 Å². The molecule has 0 bridgehead atoms. The highest BCUT2D eigenvalue weighted by molar-refractivity contribution is 6.31. The molecule has 0 radical (unpaired) electrons. The highest BCUT2D eigenvalue weighted by Crippen LogP contribution is 2.27. The van der Waals surface area contributed by atoms with Gasteiger partial charge in [0, 0.05) is 16.4 Å². The molecule has 2 rings (SSSR count). The topological polar surface area (TPSA) is 12.0 Å². The number of anilines is 2. The molecule has 0 fully saturated rings. The van der Waals surface area contributed by atoms with Gasteiger partial charge >= 0.3 is 0 Å². The van der Waals surface area contributed by atoms with E-state index in [1.165, 1.54) is 24.8 Å². The van der Waals surface area contributed by atoms with Crippen LogP contribution in [-0.4, -0.2) is 0 Å². The van der Waals surface area contributed by atoms with E-state index in [0.29, 0.717) is 0 Å². The van der Waals surface area contributed by atoms with E-state index < -0.39 is 0 Å². The number of benzene rings is 2. The Kier molecular flexibility index (Phi) is 7.92. The summed E-state index contributed by atoms with van der Waals surface area (Å²) in [4.78, 5) is 0. The first-order chi connectivity index (χ1) is 10.1. The summed E-state index contributed by atoms with van der Waals surface area (Å²) >= 11 is 6.08. The zero-order chi connectivity index (χ0) is 15.7. The summed E-state index contributed by atoms with van der Waals surface area (Å²) in [6, 6.07) is 14.1. The van der Waals surface area contributed by atoms with Crippen LogP contribution in [0.2, 0.25) is 5.02 Å². The minimum absolute atomic E-state index is 0.790. The lowest BCUT2D eigenvalue weighted by molar-refractivity contribution is 0.772. The Morgan fingerprint density at radius 1 is 0.857 bits per heavy atom. The molecular formula is C19H26ClN. The fourth-order valence-electron chi connectivity index (χ4n) is 1.95. The quantitative estimate of drug-likeness (QED) is 0.648. The van der Waals surface area contributed by atoms with Crippen LogP contribution in [-0.2, 0) is 0 Å². The molecule has 2 aromatic rings. The molecule has 0 spiro atoms. The molecular weight excluding hydrogens is 278 g/mol. The average Bonchev–Trinajstić information content (AvgIpc) is 2.48. The predicted molar refractivity (Wildman–Crippen MR) is 95.8 cm³/mol. The number of hydrogen-bond acceptors (Lipinski definition) is 1. The Hall–Kier alpha value is -1.47. The maximum atomic E-state index is 6.08. The highest BCUT2D eigenvalue weighted by atomic mass is 35.5. The van der Waals surface area contributed by atoms with Crippen LogP contribution in [0.15, 0.2) is 42.5 Å². The molecule has 0 aromatic heterocycles. The summed E-state index contributed by atoms with van der Waals surface area (Å²) < 4.78 is 0. The summed E-state index contributed by atoms with van der Waals surface area (Å²) in [5, 5.41) is 4.19. The van der Waals surface area contributed by atoms with Crippen LogP contribution < -0.4 is 5.32 Å². The molecule has 2 heteroatoms. The van der Waals surface area contributed by atoms with Crippen molar-refractivity contribution in [1.82, 2.24) is 0 Å². The summed E-state index contributed by atoms with van der Waals surface area (Å²) in [7, 11) is 0. The zero-order valence-electron chi connectivity index (χ0n) is 13.5. The fourth-order valence-corrected chi connectivity index (χ4v) is 2.13. The van der Waals surface area contributed by atoms with Gasteiger partial charge in [-0.25, -0.2) is 0 Å². The molecule has 0 aliphatic heterocycles. The number of aryl methyl sites for hydroxylation is 1. The molecule has 0 unspecified atom stereocenters. The molecule has 114 valence electrons. The number of hydrogen-bond donors (Lipinski definition) is 1. The van der Waals surface area contributed by atoms with Crippen molar-refractivity contribution < 1.29 is 0 Å². The minimum Gasteiger partial charge on any atom is -0.355 e. The van der Waals surface area contributed by atoms with Gasteiger partial charge in [0.15, 0.2) is 0 Å². The van der Waals surface area contributed by atoms with Crippen LogP contribution >= 0.6 is 11.6 Å². The first-order valence-corrected chi connectivity index (χ1v) is 8.05. The molecule has 0 heterocycles. The van der Waals surface area contributed by atoms with Crippen molar-refractivity contribution in [3.63, 3.8) is 0 Å². The smallest absolute Gasteiger partial charge is 0.0455 e. The van der Waals surface area contributed by atoms with E-state index in [-0.39, 0.29) is 0 Å². The molecule has 1 nitrogen and oxygen atoms in total. The lowest BCUT2D eigenvalue weighted by Gasteiger charge is -2.12. The number of nitrogens with one attached hydrogen (secondary N) is 1. The third kappa shape index (κ3) is 5.81. The minimum atomic E-state index is 0.790. The van der Waals surface area contributed by atoms with E-state index >= 15 is 0 Å². The molecule has 1 N–H and O–H groups in total. The van der Waals surface area contributed by atoms with Crippen LogP contribution in [0.1, 0.15) is 44.2 Å². The first-order valence-electron chi connectivity index (χ1n) is 7.67. The second-order valence-electron chi connectivity index (χ2n) is 5.21. The Morgan fingerprint density at radius 3 is 2.05 bits per heavy atom. The summed E-state index contributed by atoms with van der Waals surface area (Å²) in [5.74, 6) is 0. The van der Waals surface area contributed by atoms with Gasteiger partial charge < -0.3 is 5.32 Å². The van der Waals surface area contributed by atoms with Crippen molar-refractivity contribution in [2.24, 2.45) is 0 Å². The number of halogens is 1. The monoisotopic (exact) mass is 303 g/mol. The van der Waals surface area contributed by atoms with E-state index in [1.807, 2.05) is 37.3 Å². The van der Waals surface area contributed by atoms with Crippen LogP contribution in [0.3, 0.4) is 0 Å². The van der Waals surface area contributed by atoms with E-state index in [2.05, 4.69) is 38.2 Å². The van der Waals surface area contributed by atoms with E-state index in [1.54, 1.807) is 0 Å². The van der Waals surface area contributed by atoms with Crippen LogP contribution in [0.25, 0.3) is 0 Å². The van der Waals surface area contributed by atoms with Crippen molar-refractivity contribution in [1.29, 1.82) is 0 Å². The standard InChI is InChI=1S/C14H14ClN.C5H12/c1-10-6-3-4-8-13(10)16-14-9-5-7-12(15)11(14)2;1-3-5-4-2/h3-9,16H,1-2H3;3-5H2,1-2H3. The molecule has 0 aliphatic carbocycles. The van der Waals surface area contributed by atoms with Crippen LogP contribution in [0.5, 0.6) is 0 Å². The normalized spacial score (nSPS) is 9.76. The van der Waals surface area contributed by atoms with Gasteiger partial charge in [-0.2, -0.15) is 0 Å². The lowest BCUT2D eigenvalue weighted by Crippen LogP contribution is -1.95. The summed E-state index contributed by atoms with van der Waals surface area (Å²) in [6.45, 7) is 8.53. The van der Waals surface area contributed by atoms with Gasteiger partial charge in [-0.15, -0.1) is 0 Å². The first kappa shape index (κ1) is 17.6. The second kappa shape index (κ2) is 9.46. The number of unbranched alkanes of at least 4 members (excludes halogenated alkanes) is 2. The van der Waals surface area contributed by atoms with Gasteiger partial charge in [0.2, 0.25) is 0 Å². The van der Waals surface area contributed by atoms with Gasteiger partial charge in [0.25, 0.3) is 0 Å². The molecule has 0 saturated heterocycles. The highest BCUT2D eigenvalue weighted by Gasteiger charge is 2.03. The maximum absolute atomic E-state index is 6.08. The van der Waals surface area contributed by atoms with Crippen molar-refractivity contribution in [3.8, 4) is 0 Å². The maximum Gasteiger partial charge on any atom is 0.0455 e. The largest absolute Gasteiger partial charge is 0.355 e. The zero-order valence-corrected chi connectivity index (χ0v) is 14.3. The van der Waals surface area contributed by atoms with Crippen LogP contribution in [0.4, 0.5) is 11.4 Å². The van der Waals surface area contributed by atoms with E-state index in [4.69, 9.17) is 11.6 Å². The second-order valence-corrected chi connectivity index (χ2v) is 5.61. The van der Waals surface area contributed by atoms with Gasteiger partial charge in [-0.05, 0) is 43.2 Å². The van der Waals surface area contributed by atoms with E-state index in [9.17, 15) is 0 Å². The number of rotatable bonds is 4. The third-order valence-corrected chi connectivity index (χ3v) is 3.80. The molecule has 0 saturated carbocycles. The molecule has 2 aromatic carbocycles. The van der Waals surface area contributed by atoms with Crippen molar-refractivity contribution in [2.75, 3.05) is 5.32 Å². The molecule has 21 heavy (non-hydrogen) atoms. The van der Waals surface area contributed by atoms with Crippen LogP contribution in [0, 0.1) is 13.8 Å². The Morgan fingerprint density at radius 2 is 1.48 bits per heavy atom. The molecule has 0 atom stereocenters. The lowest BCUT2D eigenvalue weighted by atomic mass is 10.1. The average molecular weight is 304 g/mol. The summed E-state index contributed by atoms with van der Waals surface area (Å²) in [6.07, 6.45) is 4.08. The Bertz CT molecular complexity index is 547. The predicted octanol–water partition coefficient (Wildman–Crippen LogP) is 6.90. The number of para-hydroxylation sites is 1. The molecule has 0 amide bonds. The van der Waals surface area contributed by atoms with Crippen molar-refractivity contribution in [3.05, 3.63) is 58.6 Å². The van der Waals surface area contributed by atoms with Crippen molar-refractivity contribution in [2.45, 2.75) is 47.0 Å². The van der Waals surface area contributed by atoms with Gasteiger partial charge in [0.05, 0.1) is 0 Å². The third-order valence-electron chi connectivity index (χ3n) is 3.39. The fraction of sp³-hybridized carbons (Fsp3) is 0.368. The molecule has 0 aliphatic rings. The van der Waals surface area contributed by atoms with Crippen molar-refractivity contribution >= 4 is 23.0 Å². The van der Waals surface area contributed by atoms with Gasteiger partial charge in [-0.3, -0.25) is 0 Å². The summed E-state index contributed by atoms with van der Waals surface area (Å²) in [5.41, 5.74) is 4.48. The Labute approximate surface area is 134 Å². The van der Waals surface area contributed by atoms with Gasteiger partial charge in [-0.1, -0.05) is 69.0 Å². The Balaban J connectivity index is 0.000000383. The van der Waals surface area contributed by atoms with Gasteiger partial charge in [0.1, 0.15) is 0 Å². The SMILES string of the molecule is CCCCC.Cc1ccccc1Nc1cccc(Cl)c1C.